The molecule has 2 aromatic rings. The zero-order valence-electron chi connectivity index (χ0n) is 10.4. The van der Waals surface area contributed by atoms with Gasteiger partial charge in [-0.25, -0.2) is 0 Å². The molecule has 0 aliphatic heterocycles. The Balaban J connectivity index is 2.31. The molecule has 0 bridgehead atoms. The van der Waals surface area contributed by atoms with Gasteiger partial charge in [0.1, 0.15) is 10.1 Å². The molecule has 0 saturated carbocycles. The van der Waals surface area contributed by atoms with Gasteiger partial charge >= 0.3 is 0 Å². The third-order valence-corrected chi connectivity index (χ3v) is 3.86. The second-order valence-electron chi connectivity index (χ2n) is 4.26. The van der Waals surface area contributed by atoms with Crippen LogP contribution in [0.3, 0.4) is 0 Å². The van der Waals surface area contributed by atoms with Crippen LogP contribution in [0.15, 0.2) is 30.3 Å². The third-order valence-electron chi connectivity index (χ3n) is 2.37. The van der Waals surface area contributed by atoms with Gasteiger partial charge in [-0.1, -0.05) is 35.3 Å². The molecule has 5 heteroatoms. The molecule has 1 heterocycles. The molecule has 0 unspecified atom stereocenters. The normalized spacial score (nSPS) is 10.8. The average molecular weight is 315 g/mol. The number of rotatable bonds is 4. The topological polar surface area (TPSA) is 26.3 Å². The Morgan fingerprint density at radius 1 is 1.26 bits per heavy atom. The average Bonchev–Trinajstić information content (AvgIpc) is 2.67. The smallest absolute Gasteiger partial charge is 0.195 e. The highest BCUT2D eigenvalue weighted by molar-refractivity contribution is 7.20. The number of carbonyl (C=O) groups excluding carboxylic acids is 1. The van der Waals surface area contributed by atoms with Crippen molar-refractivity contribution in [2.75, 3.05) is 0 Å². The molecular weight excluding hydrogens is 303 g/mol. The fourth-order valence-electron chi connectivity index (χ4n) is 1.63. The van der Waals surface area contributed by atoms with E-state index in [1.54, 1.807) is 24.3 Å². The van der Waals surface area contributed by atoms with Crippen molar-refractivity contribution in [1.82, 2.24) is 0 Å². The second kappa shape index (κ2) is 5.95. The summed E-state index contributed by atoms with van der Waals surface area (Å²) in [6.45, 7) is 3.87. The number of hydrogen-bond donors (Lipinski definition) is 0. The van der Waals surface area contributed by atoms with E-state index in [-0.39, 0.29) is 11.9 Å². The van der Waals surface area contributed by atoms with Gasteiger partial charge in [-0.05, 0) is 32.0 Å². The first kappa shape index (κ1) is 14.4. The van der Waals surface area contributed by atoms with Crippen molar-refractivity contribution in [3.63, 3.8) is 0 Å². The standard InChI is InChI=1S/C14H12Cl2O2S/c1-8(2)18-10-5-3-4-9(6-10)13(17)11-7-12(15)19-14(11)16/h3-8H,1-2H3. The molecule has 2 rings (SSSR count). The van der Waals surface area contributed by atoms with Crippen molar-refractivity contribution in [3.8, 4) is 5.75 Å². The number of carbonyl (C=O) groups is 1. The van der Waals surface area contributed by atoms with Gasteiger partial charge in [0.25, 0.3) is 0 Å². The van der Waals surface area contributed by atoms with E-state index >= 15 is 0 Å². The van der Waals surface area contributed by atoms with Crippen LogP contribution in [-0.2, 0) is 0 Å². The first-order valence-electron chi connectivity index (χ1n) is 5.73. The maximum atomic E-state index is 12.3. The SMILES string of the molecule is CC(C)Oc1cccc(C(=O)c2cc(Cl)sc2Cl)c1. The van der Waals surface area contributed by atoms with Crippen molar-refractivity contribution in [2.24, 2.45) is 0 Å². The summed E-state index contributed by atoms with van der Waals surface area (Å²) in [4.78, 5) is 12.3. The minimum atomic E-state index is -0.151. The predicted molar refractivity (Wildman–Crippen MR) is 80.0 cm³/mol. The molecule has 0 aliphatic rings. The molecular formula is C14H12Cl2O2S. The Morgan fingerprint density at radius 3 is 2.58 bits per heavy atom. The third kappa shape index (κ3) is 3.50. The van der Waals surface area contributed by atoms with Gasteiger partial charge in [-0.15, -0.1) is 11.3 Å². The maximum Gasteiger partial charge on any atom is 0.195 e. The molecule has 0 aliphatic carbocycles. The number of halogens is 2. The summed E-state index contributed by atoms with van der Waals surface area (Å²) in [6, 6.07) is 8.64. The molecule has 1 aromatic carbocycles. The van der Waals surface area contributed by atoms with Gasteiger partial charge in [-0.3, -0.25) is 4.79 Å². The quantitative estimate of drug-likeness (QED) is 0.736. The summed E-state index contributed by atoms with van der Waals surface area (Å²) >= 11 is 13.0. The second-order valence-corrected chi connectivity index (χ2v) is 6.55. The van der Waals surface area contributed by atoms with E-state index in [2.05, 4.69) is 0 Å². The van der Waals surface area contributed by atoms with Crippen molar-refractivity contribution < 1.29 is 9.53 Å². The number of benzene rings is 1. The van der Waals surface area contributed by atoms with Crippen LogP contribution in [0.2, 0.25) is 8.67 Å². The molecule has 0 saturated heterocycles. The monoisotopic (exact) mass is 314 g/mol. The van der Waals surface area contributed by atoms with Gasteiger partial charge in [-0.2, -0.15) is 0 Å². The van der Waals surface area contributed by atoms with Crippen molar-refractivity contribution in [1.29, 1.82) is 0 Å². The predicted octanol–water partition coefficient (Wildman–Crippen LogP) is 5.07. The summed E-state index contributed by atoms with van der Waals surface area (Å²) < 4.78 is 6.48. The molecule has 19 heavy (non-hydrogen) atoms. The minimum Gasteiger partial charge on any atom is -0.491 e. The Hall–Kier alpha value is -1.03. The van der Waals surface area contributed by atoms with Gasteiger partial charge in [0.05, 0.1) is 16.0 Å². The van der Waals surface area contributed by atoms with E-state index in [1.165, 1.54) is 11.3 Å². The Kier molecular flexibility index (Phi) is 4.50. The molecule has 0 N–H and O–H groups in total. The van der Waals surface area contributed by atoms with E-state index in [4.69, 9.17) is 27.9 Å². The minimum absolute atomic E-state index is 0.0598. The highest BCUT2D eigenvalue weighted by Gasteiger charge is 2.16. The Bertz CT molecular complexity index is 605. The lowest BCUT2D eigenvalue weighted by Gasteiger charge is -2.10. The maximum absolute atomic E-state index is 12.3. The van der Waals surface area contributed by atoms with E-state index in [1.807, 2.05) is 19.9 Å². The van der Waals surface area contributed by atoms with Gasteiger partial charge in [0.2, 0.25) is 0 Å². The van der Waals surface area contributed by atoms with Crippen LogP contribution in [0, 0.1) is 0 Å². The number of thiophene rings is 1. The largest absolute Gasteiger partial charge is 0.491 e. The fourth-order valence-corrected chi connectivity index (χ4v) is 3.09. The van der Waals surface area contributed by atoms with E-state index < -0.39 is 0 Å². The van der Waals surface area contributed by atoms with E-state index in [9.17, 15) is 4.79 Å². The summed E-state index contributed by atoms with van der Waals surface area (Å²) in [5, 5.41) is 0. The van der Waals surface area contributed by atoms with E-state index in [0.29, 0.717) is 25.5 Å². The lowest BCUT2D eigenvalue weighted by molar-refractivity contribution is 0.103. The van der Waals surface area contributed by atoms with Crippen LogP contribution in [0.25, 0.3) is 0 Å². The molecule has 0 fully saturated rings. The van der Waals surface area contributed by atoms with Gasteiger partial charge in [0, 0.05) is 5.56 Å². The highest BCUT2D eigenvalue weighted by Crippen LogP contribution is 2.33. The zero-order chi connectivity index (χ0) is 14.0. The lowest BCUT2D eigenvalue weighted by atomic mass is 10.1. The highest BCUT2D eigenvalue weighted by atomic mass is 35.5. The fraction of sp³-hybridized carbons (Fsp3) is 0.214. The molecule has 1 aromatic heterocycles. The zero-order valence-corrected chi connectivity index (χ0v) is 12.8. The first-order valence-corrected chi connectivity index (χ1v) is 7.31. The molecule has 0 spiro atoms. The van der Waals surface area contributed by atoms with Crippen molar-refractivity contribution >= 4 is 40.3 Å². The van der Waals surface area contributed by atoms with E-state index in [0.717, 1.165) is 0 Å². The van der Waals surface area contributed by atoms with Crippen LogP contribution in [0.4, 0.5) is 0 Å². The van der Waals surface area contributed by atoms with Crippen LogP contribution in [0.1, 0.15) is 29.8 Å². The van der Waals surface area contributed by atoms with Gasteiger partial charge in [0.15, 0.2) is 5.78 Å². The molecule has 0 radical (unpaired) electrons. The number of ketones is 1. The summed E-state index contributed by atoms with van der Waals surface area (Å²) in [5.41, 5.74) is 0.966. The van der Waals surface area contributed by atoms with Crippen molar-refractivity contribution in [3.05, 3.63) is 50.1 Å². The number of ether oxygens (including phenoxy) is 1. The van der Waals surface area contributed by atoms with Crippen LogP contribution in [-0.4, -0.2) is 11.9 Å². The molecule has 0 amide bonds. The molecule has 2 nitrogen and oxygen atoms in total. The summed E-state index contributed by atoms with van der Waals surface area (Å²) in [6.07, 6.45) is 0.0598. The molecule has 100 valence electrons. The number of hydrogen-bond acceptors (Lipinski definition) is 3. The van der Waals surface area contributed by atoms with Gasteiger partial charge < -0.3 is 4.74 Å². The van der Waals surface area contributed by atoms with Crippen LogP contribution >= 0.6 is 34.5 Å². The van der Waals surface area contributed by atoms with Crippen molar-refractivity contribution in [2.45, 2.75) is 20.0 Å². The van der Waals surface area contributed by atoms with Crippen LogP contribution in [0.5, 0.6) is 5.75 Å². The lowest BCUT2D eigenvalue weighted by Crippen LogP contribution is -2.07. The summed E-state index contributed by atoms with van der Waals surface area (Å²) in [7, 11) is 0. The summed E-state index contributed by atoms with van der Waals surface area (Å²) in [5.74, 6) is 0.514. The Morgan fingerprint density at radius 2 is 2.00 bits per heavy atom. The Labute approximate surface area is 125 Å². The first-order chi connectivity index (χ1) is 8.97. The molecule has 0 atom stereocenters. The van der Waals surface area contributed by atoms with Crippen LogP contribution < -0.4 is 4.74 Å².